The van der Waals surface area contributed by atoms with Gasteiger partial charge in [-0.25, -0.2) is 14.0 Å². The molecule has 1 heterocycles. The van der Waals surface area contributed by atoms with Crippen molar-refractivity contribution >= 4 is 12.1 Å². The SMILES string of the molecule is CCOC(=O)c1cc(OCc2ccc(F)cc2)nn1CCNC(=O)OC(C)(C)C. The Kier molecular flexibility index (Phi) is 7.58. The van der Waals surface area contributed by atoms with E-state index in [1.54, 1.807) is 39.8 Å². The standard InChI is InChI=1S/C20H26FN3O5/c1-5-27-18(25)16-12-17(28-13-14-6-8-15(21)9-7-14)23-24(16)11-10-22-19(26)29-20(2,3)4/h6-9,12H,5,10-11,13H2,1-4H3,(H,22,26). The number of amides is 1. The summed E-state index contributed by atoms with van der Waals surface area (Å²) in [7, 11) is 0. The number of nitrogens with zero attached hydrogens (tertiary/aromatic N) is 2. The van der Waals surface area contributed by atoms with Gasteiger partial charge in [0.2, 0.25) is 5.88 Å². The largest absolute Gasteiger partial charge is 0.472 e. The molecule has 0 aliphatic heterocycles. The zero-order valence-electron chi connectivity index (χ0n) is 17.0. The summed E-state index contributed by atoms with van der Waals surface area (Å²) in [4.78, 5) is 23.9. The van der Waals surface area contributed by atoms with Gasteiger partial charge in [-0.05, 0) is 45.4 Å². The molecule has 0 bridgehead atoms. The smallest absolute Gasteiger partial charge is 0.407 e. The Hall–Kier alpha value is -3.10. The molecule has 0 aliphatic rings. The van der Waals surface area contributed by atoms with E-state index in [1.165, 1.54) is 22.9 Å². The van der Waals surface area contributed by atoms with Crippen LogP contribution in [0.15, 0.2) is 30.3 Å². The van der Waals surface area contributed by atoms with Gasteiger partial charge in [0, 0.05) is 12.6 Å². The van der Waals surface area contributed by atoms with Crippen LogP contribution in [0.25, 0.3) is 0 Å². The molecular weight excluding hydrogens is 381 g/mol. The van der Waals surface area contributed by atoms with E-state index in [-0.39, 0.29) is 43.7 Å². The fraction of sp³-hybridized carbons (Fsp3) is 0.450. The lowest BCUT2D eigenvalue weighted by atomic mass is 10.2. The number of alkyl carbamates (subject to hydrolysis) is 1. The van der Waals surface area contributed by atoms with Crippen LogP contribution >= 0.6 is 0 Å². The zero-order chi connectivity index (χ0) is 21.4. The summed E-state index contributed by atoms with van der Waals surface area (Å²) in [6.07, 6.45) is -0.560. The molecule has 0 fully saturated rings. The predicted octanol–water partition coefficient (Wildman–Crippen LogP) is 3.30. The van der Waals surface area contributed by atoms with Crippen molar-refractivity contribution in [3.63, 3.8) is 0 Å². The molecule has 2 rings (SSSR count). The van der Waals surface area contributed by atoms with Crippen LogP contribution < -0.4 is 10.1 Å². The van der Waals surface area contributed by atoms with E-state index < -0.39 is 17.7 Å². The molecule has 0 aliphatic carbocycles. The first-order valence-corrected chi connectivity index (χ1v) is 9.27. The van der Waals surface area contributed by atoms with Gasteiger partial charge in [-0.1, -0.05) is 12.1 Å². The number of ether oxygens (including phenoxy) is 3. The molecule has 29 heavy (non-hydrogen) atoms. The number of nitrogens with one attached hydrogen (secondary N) is 1. The van der Waals surface area contributed by atoms with Crippen molar-refractivity contribution in [2.75, 3.05) is 13.2 Å². The van der Waals surface area contributed by atoms with E-state index in [4.69, 9.17) is 14.2 Å². The fourth-order valence-corrected chi connectivity index (χ4v) is 2.32. The van der Waals surface area contributed by atoms with Gasteiger partial charge >= 0.3 is 12.1 Å². The van der Waals surface area contributed by atoms with E-state index in [0.717, 1.165) is 5.56 Å². The fourth-order valence-electron chi connectivity index (χ4n) is 2.32. The van der Waals surface area contributed by atoms with Crippen molar-refractivity contribution in [1.82, 2.24) is 15.1 Å². The number of benzene rings is 1. The van der Waals surface area contributed by atoms with Crippen LogP contribution in [0.1, 0.15) is 43.7 Å². The van der Waals surface area contributed by atoms with Crippen molar-refractivity contribution in [1.29, 1.82) is 0 Å². The Balaban J connectivity index is 2.01. The lowest BCUT2D eigenvalue weighted by Gasteiger charge is -2.19. The molecule has 2 aromatic rings. The van der Waals surface area contributed by atoms with Gasteiger partial charge < -0.3 is 19.5 Å². The molecule has 1 aromatic carbocycles. The average Bonchev–Trinajstić information content (AvgIpc) is 3.03. The summed E-state index contributed by atoms with van der Waals surface area (Å²) >= 11 is 0. The van der Waals surface area contributed by atoms with Gasteiger partial charge in [-0.2, -0.15) is 0 Å². The summed E-state index contributed by atoms with van der Waals surface area (Å²) in [6.45, 7) is 7.79. The Labute approximate surface area is 168 Å². The third-order valence-electron chi connectivity index (χ3n) is 3.53. The lowest BCUT2D eigenvalue weighted by Crippen LogP contribution is -2.34. The molecule has 0 saturated heterocycles. The van der Waals surface area contributed by atoms with Crippen molar-refractivity contribution in [2.24, 2.45) is 0 Å². The second kappa shape index (κ2) is 9.90. The maximum atomic E-state index is 13.0. The number of rotatable bonds is 8. The minimum Gasteiger partial charge on any atom is -0.472 e. The lowest BCUT2D eigenvalue weighted by molar-refractivity contribution is 0.0512. The molecular formula is C20H26FN3O5. The number of halogens is 1. The van der Waals surface area contributed by atoms with Crippen LogP contribution in [0.4, 0.5) is 9.18 Å². The monoisotopic (exact) mass is 407 g/mol. The van der Waals surface area contributed by atoms with E-state index >= 15 is 0 Å². The third-order valence-corrected chi connectivity index (χ3v) is 3.53. The topological polar surface area (TPSA) is 91.7 Å². The molecule has 8 nitrogen and oxygen atoms in total. The summed E-state index contributed by atoms with van der Waals surface area (Å²) < 4.78 is 30.2. The van der Waals surface area contributed by atoms with Crippen LogP contribution in [0.2, 0.25) is 0 Å². The summed E-state index contributed by atoms with van der Waals surface area (Å²) in [6, 6.07) is 7.34. The first kappa shape index (κ1) is 22.2. The van der Waals surface area contributed by atoms with Crippen LogP contribution in [0, 0.1) is 5.82 Å². The highest BCUT2D eigenvalue weighted by atomic mass is 19.1. The zero-order valence-corrected chi connectivity index (χ0v) is 17.0. The molecule has 1 aromatic heterocycles. The number of hydrogen-bond acceptors (Lipinski definition) is 6. The molecule has 0 saturated carbocycles. The van der Waals surface area contributed by atoms with Gasteiger partial charge in [0.25, 0.3) is 0 Å². The Morgan fingerprint density at radius 2 is 1.90 bits per heavy atom. The second-order valence-corrected chi connectivity index (χ2v) is 7.16. The maximum Gasteiger partial charge on any atom is 0.407 e. The van der Waals surface area contributed by atoms with Gasteiger partial charge in [0.15, 0.2) is 0 Å². The highest BCUT2D eigenvalue weighted by Crippen LogP contribution is 2.15. The molecule has 1 N–H and O–H groups in total. The van der Waals surface area contributed by atoms with Crippen molar-refractivity contribution in [2.45, 2.75) is 46.4 Å². The molecule has 1 amide bonds. The maximum absolute atomic E-state index is 13.0. The van der Waals surface area contributed by atoms with E-state index in [0.29, 0.717) is 0 Å². The minimum atomic E-state index is -0.604. The van der Waals surface area contributed by atoms with Crippen LogP contribution in [-0.2, 0) is 22.6 Å². The second-order valence-electron chi connectivity index (χ2n) is 7.16. The average molecular weight is 407 g/mol. The molecule has 0 radical (unpaired) electrons. The van der Waals surface area contributed by atoms with Gasteiger partial charge in [0.1, 0.15) is 23.7 Å². The predicted molar refractivity (Wildman–Crippen MR) is 103 cm³/mol. The quantitative estimate of drug-likeness (QED) is 0.675. The number of hydrogen-bond donors (Lipinski definition) is 1. The summed E-state index contributed by atoms with van der Waals surface area (Å²) in [5.74, 6) is -0.663. The molecule has 0 unspecified atom stereocenters. The van der Waals surface area contributed by atoms with Crippen LogP contribution in [0.3, 0.4) is 0 Å². The molecule has 9 heteroatoms. The van der Waals surface area contributed by atoms with E-state index in [2.05, 4.69) is 10.4 Å². The highest BCUT2D eigenvalue weighted by Gasteiger charge is 2.19. The first-order valence-electron chi connectivity index (χ1n) is 9.27. The number of carbonyl (C=O) groups excluding carboxylic acids is 2. The third kappa shape index (κ3) is 7.44. The van der Waals surface area contributed by atoms with Crippen molar-refractivity contribution < 1.29 is 28.2 Å². The van der Waals surface area contributed by atoms with Gasteiger partial charge in [-0.15, -0.1) is 5.10 Å². The number of aromatic nitrogens is 2. The Bertz CT molecular complexity index is 828. The number of esters is 1. The first-order chi connectivity index (χ1) is 13.7. The molecule has 0 spiro atoms. The Morgan fingerprint density at radius 1 is 1.21 bits per heavy atom. The minimum absolute atomic E-state index is 0.162. The van der Waals surface area contributed by atoms with Gasteiger partial charge in [0.05, 0.1) is 13.2 Å². The van der Waals surface area contributed by atoms with Crippen molar-refractivity contribution in [3.8, 4) is 5.88 Å². The molecule has 0 atom stereocenters. The summed E-state index contributed by atoms with van der Waals surface area (Å²) in [5, 5.41) is 6.85. The van der Waals surface area contributed by atoms with Gasteiger partial charge in [-0.3, -0.25) is 4.68 Å². The number of carbonyl (C=O) groups is 2. The van der Waals surface area contributed by atoms with E-state index in [9.17, 15) is 14.0 Å². The molecule has 158 valence electrons. The van der Waals surface area contributed by atoms with Crippen molar-refractivity contribution in [3.05, 3.63) is 47.4 Å². The van der Waals surface area contributed by atoms with Crippen LogP contribution in [-0.4, -0.2) is 40.6 Å². The Morgan fingerprint density at radius 3 is 2.52 bits per heavy atom. The normalized spacial score (nSPS) is 11.1. The highest BCUT2D eigenvalue weighted by molar-refractivity contribution is 5.87. The van der Waals surface area contributed by atoms with Crippen LogP contribution in [0.5, 0.6) is 5.88 Å². The summed E-state index contributed by atoms with van der Waals surface area (Å²) in [5.41, 5.74) is 0.352. The van der Waals surface area contributed by atoms with E-state index in [1.807, 2.05) is 0 Å².